The molecule has 3 rings (SSSR count). The van der Waals surface area contributed by atoms with Crippen LogP contribution >= 0.6 is 0 Å². The van der Waals surface area contributed by atoms with Gasteiger partial charge < -0.3 is 5.32 Å². The predicted octanol–water partition coefficient (Wildman–Crippen LogP) is 3.35. The summed E-state index contributed by atoms with van der Waals surface area (Å²) in [5.41, 5.74) is 1.57. The van der Waals surface area contributed by atoms with Gasteiger partial charge in [-0.15, -0.1) is 0 Å². The van der Waals surface area contributed by atoms with Crippen LogP contribution in [0.5, 0.6) is 0 Å². The lowest BCUT2D eigenvalue weighted by molar-refractivity contribution is 0.236. The van der Waals surface area contributed by atoms with E-state index >= 15 is 0 Å². The molecule has 4 heteroatoms. The summed E-state index contributed by atoms with van der Waals surface area (Å²) in [6.45, 7) is 3.59. The zero-order valence-electron chi connectivity index (χ0n) is 12.4. The number of nitrogens with one attached hydrogen (secondary N) is 1. The van der Waals surface area contributed by atoms with Gasteiger partial charge in [-0.25, -0.2) is 8.78 Å². The number of benzene rings is 2. The summed E-state index contributed by atoms with van der Waals surface area (Å²) in [6.07, 6.45) is 1.02. The first-order chi connectivity index (χ1) is 10.8. The summed E-state index contributed by atoms with van der Waals surface area (Å²) in [5.74, 6) is -1.02. The molecule has 1 aliphatic heterocycles. The molecule has 1 saturated heterocycles. The van der Waals surface area contributed by atoms with Crippen LogP contribution in [0.3, 0.4) is 0 Å². The van der Waals surface area contributed by atoms with Crippen LogP contribution < -0.4 is 5.32 Å². The Kier molecular flexibility index (Phi) is 4.80. The summed E-state index contributed by atoms with van der Waals surface area (Å²) >= 11 is 0. The molecule has 2 aromatic rings. The van der Waals surface area contributed by atoms with Gasteiger partial charge >= 0.3 is 0 Å². The van der Waals surface area contributed by atoms with Crippen molar-refractivity contribution in [2.45, 2.75) is 12.5 Å². The van der Waals surface area contributed by atoms with Gasteiger partial charge in [0.05, 0.1) is 6.04 Å². The average molecular weight is 302 g/mol. The Morgan fingerprint density at radius 1 is 0.955 bits per heavy atom. The molecular weight excluding hydrogens is 282 g/mol. The van der Waals surface area contributed by atoms with E-state index in [-0.39, 0.29) is 6.04 Å². The lowest BCUT2D eigenvalue weighted by Crippen LogP contribution is -2.33. The maximum atomic E-state index is 14.4. The van der Waals surface area contributed by atoms with Crippen molar-refractivity contribution in [3.8, 4) is 0 Å². The van der Waals surface area contributed by atoms with Gasteiger partial charge in [0.2, 0.25) is 0 Å². The van der Waals surface area contributed by atoms with Gasteiger partial charge in [0, 0.05) is 31.3 Å². The van der Waals surface area contributed by atoms with Crippen LogP contribution in [-0.4, -0.2) is 31.1 Å². The highest BCUT2D eigenvalue weighted by molar-refractivity contribution is 5.33. The van der Waals surface area contributed by atoms with E-state index in [2.05, 4.69) is 10.2 Å². The van der Waals surface area contributed by atoms with Crippen molar-refractivity contribution in [2.75, 3.05) is 26.2 Å². The Labute approximate surface area is 129 Å². The van der Waals surface area contributed by atoms with Crippen LogP contribution in [0.4, 0.5) is 8.78 Å². The SMILES string of the molecule is Fc1ccc([C@@H](c2ccccc2)N2CCCNCC2)c(F)c1. The van der Waals surface area contributed by atoms with E-state index < -0.39 is 11.6 Å². The highest BCUT2D eigenvalue weighted by Crippen LogP contribution is 2.31. The molecule has 0 amide bonds. The third-order valence-electron chi connectivity index (χ3n) is 4.11. The van der Waals surface area contributed by atoms with E-state index in [1.807, 2.05) is 30.3 Å². The van der Waals surface area contributed by atoms with Gasteiger partial charge in [-0.3, -0.25) is 4.90 Å². The van der Waals surface area contributed by atoms with Crippen molar-refractivity contribution in [2.24, 2.45) is 0 Å². The molecule has 22 heavy (non-hydrogen) atoms. The molecule has 1 N–H and O–H groups in total. The van der Waals surface area contributed by atoms with Crippen molar-refractivity contribution in [3.05, 3.63) is 71.3 Å². The second-order valence-electron chi connectivity index (χ2n) is 5.62. The number of halogens is 2. The fourth-order valence-corrected chi connectivity index (χ4v) is 3.07. The minimum absolute atomic E-state index is 0.179. The number of nitrogens with zero attached hydrogens (tertiary/aromatic N) is 1. The number of rotatable bonds is 3. The molecule has 2 nitrogen and oxygen atoms in total. The van der Waals surface area contributed by atoms with Gasteiger partial charge in [0.25, 0.3) is 0 Å². The zero-order valence-corrected chi connectivity index (χ0v) is 12.4. The second kappa shape index (κ2) is 6.99. The van der Waals surface area contributed by atoms with Gasteiger partial charge in [-0.05, 0) is 24.6 Å². The minimum Gasteiger partial charge on any atom is -0.315 e. The maximum absolute atomic E-state index is 14.4. The van der Waals surface area contributed by atoms with Crippen LogP contribution in [0.2, 0.25) is 0 Å². The van der Waals surface area contributed by atoms with Crippen molar-refractivity contribution in [1.82, 2.24) is 10.2 Å². The molecule has 0 saturated carbocycles. The van der Waals surface area contributed by atoms with Crippen LogP contribution in [0.15, 0.2) is 48.5 Å². The molecule has 0 aromatic heterocycles. The van der Waals surface area contributed by atoms with Crippen LogP contribution in [0.1, 0.15) is 23.6 Å². The van der Waals surface area contributed by atoms with Crippen molar-refractivity contribution < 1.29 is 8.78 Å². The quantitative estimate of drug-likeness (QED) is 0.935. The lowest BCUT2D eigenvalue weighted by atomic mass is 9.96. The molecule has 1 fully saturated rings. The van der Waals surface area contributed by atoms with E-state index in [0.29, 0.717) is 5.56 Å². The summed E-state index contributed by atoms with van der Waals surface area (Å²) in [5, 5.41) is 3.36. The smallest absolute Gasteiger partial charge is 0.131 e. The summed E-state index contributed by atoms with van der Waals surface area (Å²) < 4.78 is 27.6. The molecule has 0 bridgehead atoms. The van der Waals surface area contributed by atoms with Crippen LogP contribution in [0.25, 0.3) is 0 Å². The van der Waals surface area contributed by atoms with E-state index in [9.17, 15) is 8.78 Å². The Morgan fingerprint density at radius 3 is 2.55 bits per heavy atom. The molecule has 2 aromatic carbocycles. The Balaban J connectivity index is 2.02. The molecular formula is C18H20F2N2. The number of hydrogen-bond acceptors (Lipinski definition) is 2. The predicted molar refractivity (Wildman–Crippen MR) is 83.7 cm³/mol. The second-order valence-corrected chi connectivity index (χ2v) is 5.62. The van der Waals surface area contributed by atoms with Crippen LogP contribution in [0, 0.1) is 11.6 Å². The Hall–Kier alpha value is -1.78. The standard InChI is InChI=1S/C18H20F2N2/c19-15-7-8-16(17(20)13-15)18(14-5-2-1-3-6-14)22-11-4-9-21-10-12-22/h1-3,5-8,13,18,21H,4,9-12H2/t18-/m1/s1. The summed E-state index contributed by atoms with van der Waals surface area (Å²) in [4.78, 5) is 2.27. The highest BCUT2D eigenvalue weighted by atomic mass is 19.1. The molecule has 1 aliphatic rings. The molecule has 1 heterocycles. The van der Waals surface area contributed by atoms with E-state index in [1.54, 1.807) is 6.07 Å². The zero-order chi connectivity index (χ0) is 15.4. The largest absolute Gasteiger partial charge is 0.315 e. The van der Waals surface area contributed by atoms with E-state index in [1.165, 1.54) is 6.07 Å². The van der Waals surface area contributed by atoms with Gasteiger partial charge in [0.15, 0.2) is 0 Å². The first kappa shape index (κ1) is 15.1. The van der Waals surface area contributed by atoms with Gasteiger partial charge in [0.1, 0.15) is 11.6 Å². The maximum Gasteiger partial charge on any atom is 0.131 e. The molecule has 1 atom stereocenters. The summed E-state index contributed by atoms with van der Waals surface area (Å²) in [6, 6.07) is 13.6. The van der Waals surface area contributed by atoms with Gasteiger partial charge in [-0.2, -0.15) is 0 Å². The fraction of sp³-hybridized carbons (Fsp3) is 0.333. The fourth-order valence-electron chi connectivity index (χ4n) is 3.07. The molecule has 0 unspecified atom stereocenters. The number of hydrogen-bond donors (Lipinski definition) is 1. The van der Waals surface area contributed by atoms with E-state index in [4.69, 9.17) is 0 Å². The Bertz CT molecular complexity index is 608. The van der Waals surface area contributed by atoms with E-state index in [0.717, 1.165) is 44.2 Å². The summed E-state index contributed by atoms with van der Waals surface area (Å²) in [7, 11) is 0. The van der Waals surface area contributed by atoms with Crippen LogP contribution in [-0.2, 0) is 0 Å². The molecule has 0 aliphatic carbocycles. The van der Waals surface area contributed by atoms with Crippen molar-refractivity contribution in [3.63, 3.8) is 0 Å². The third kappa shape index (κ3) is 3.34. The van der Waals surface area contributed by atoms with Gasteiger partial charge in [-0.1, -0.05) is 36.4 Å². The first-order valence-electron chi connectivity index (χ1n) is 7.70. The van der Waals surface area contributed by atoms with Crippen molar-refractivity contribution >= 4 is 0 Å². The molecule has 116 valence electrons. The average Bonchev–Trinajstić information content (AvgIpc) is 2.80. The minimum atomic E-state index is -0.536. The normalized spacial score (nSPS) is 17.9. The molecule has 0 radical (unpaired) electrons. The Morgan fingerprint density at radius 2 is 1.77 bits per heavy atom. The highest BCUT2D eigenvalue weighted by Gasteiger charge is 2.25. The molecule has 0 spiro atoms. The third-order valence-corrected chi connectivity index (χ3v) is 4.11. The monoisotopic (exact) mass is 302 g/mol. The lowest BCUT2D eigenvalue weighted by Gasteiger charge is -2.31. The first-order valence-corrected chi connectivity index (χ1v) is 7.70. The van der Waals surface area contributed by atoms with Crippen molar-refractivity contribution in [1.29, 1.82) is 0 Å². The topological polar surface area (TPSA) is 15.3 Å².